The largest absolute Gasteiger partial charge is 0.398 e. The Morgan fingerprint density at radius 2 is 2.11 bits per heavy atom. The second-order valence-electron chi connectivity index (χ2n) is 4.33. The van der Waals surface area contributed by atoms with E-state index in [0.717, 1.165) is 16.4 Å². The lowest BCUT2D eigenvalue weighted by molar-refractivity contribution is -0.122. The molecular weight excluding hydrogens is 273 g/mol. The second-order valence-corrected chi connectivity index (χ2v) is 6.23. The minimum absolute atomic E-state index is 0.112. The fourth-order valence-corrected chi connectivity index (χ4v) is 3.30. The van der Waals surface area contributed by atoms with Gasteiger partial charge in [0.2, 0.25) is 15.9 Å². The molecule has 0 bridgehead atoms. The van der Waals surface area contributed by atoms with Crippen LogP contribution in [0.15, 0.2) is 17.0 Å². The van der Waals surface area contributed by atoms with Crippen LogP contribution in [0.25, 0.3) is 0 Å². The number of hydrogen-bond acceptors (Lipinski definition) is 4. The van der Waals surface area contributed by atoms with Gasteiger partial charge in [0.15, 0.2) is 0 Å². The van der Waals surface area contributed by atoms with Gasteiger partial charge in [-0.2, -0.15) is 4.31 Å². The van der Waals surface area contributed by atoms with E-state index in [2.05, 4.69) is 5.32 Å². The van der Waals surface area contributed by atoms with Crippen molar-refractivity contribution in [3.8, 4) is 0 Å². The molecule has 1 saturated heterocycles. The van der Waals surface area contributed by atoms with Crippen molar-refractivity contribution in [3.05, 3.63) is 23.5 Å². The first-order chi connectivity index (χ1) is 8.82. The van der Waals surface area contributed by atoms with Gasteiger partial charge in [-0.25, -0.2) is 12.8 Å². The third-order valence-corrected chi connectivity index (χ3v) is 4.80. The minimum Gasteiger partial charge on any atom is -0.398 e. The molecule has 0 spiro atoms. The quantitative estimate of drug-likeness (QED) is 0.739. The van der Waals surface area contributed by atoms with Crippen LogP contribution >= 0.6 is 0 Å². The minimum atomic E-state index is -4.05. The molecule has 2 rings (SSSR count). The highest BCUT2D eigenvalue weighted by Gasteiger charge is 2.31. The molecule has 0 aliphatic carbocycles. The van der Waals surface area contributed by atoms with Gasteiger partial charge in [0, 0.05) is 18.8 Å². The van der Waals surface area contributed by atoms with E-state index in [4.69, 9.17) is 5.73 Å². The Kier molecular flexibility index (Phi) is 3.46. The van der Waals surface area contributed by atoms with Gasteiger partial charge in [0.25, 0.3) is 0 Å². The maximum atomic E-state index is 13.8. The maximum absolute atomic E-state index is 13.8. The van der Waals surface area contributed by atoms with Crippen molar-refractivity contribution in [3.63, 3.8) is 0 Å². The number of nitrogens with two attached hydrogens (primary N) is 1. The lowest BCUT2D eigenvalue weighted by Gasteiger charge is -2.26. The number of nitrogens with one attached hydrogen (secondary N) is 1. The number of rotatable bonds is 2. The Morgan fingerprint density at radius 3 is 2.74 bits per heavy atom. The van der Waals surface area contributed by atoms with Gasteiger partial charge in [0.05, 0.1) is 6.54 Å². The van der Waals surface area contributed by atoms with Crippen molar-refractivity contribution in [2.75, 3.05) is 25.4 Å². The van der Waals surface area contributed by atoms with E-state index < -0.39 is 26.6 Å². The van der Waals surface area contributed by atoms with Gasteiger partial charge < -0.3 is 11.1 Å². The molecule has 1 aliphatic rings. The zero-order chi connectivity index (χ0) is 14.2. The predicted molar refractivity (Wildman–Crippen MR) is 67.3 cm³/mol. The second kappa shape index (κ2) is 4.78. The lowest BCUT2D eigenvalue weighted by atomic mass is 10.2. The number of carbonyl (C=O) groups excluding carboxylic acids is 1. The first-order valence-corrected chi connectivity index (χ1v) is 7.09. The topological polar surface area (TPSA) is 92.5 Å². The summed E-state index contributed by atoms with van der Waals surface area (Å²) in [5, 5.41) is 2.51. The molecule has 0 atom stereocenters. The summed E-state index contributed by atoms with van der Waals surface area (Å²) in [6.45, 7) is 1.60. The Labute approximate surface area is 110 Å². The zero-order valence-corrected chi connectivity index (χ0v) is 11.1. The highest BCUT2D eigenvalue weighted by atomic mass is 32.2. The molecule has 6 nitrogen and oxygen atoms in total. The van der Waals surface area contributed by atoms with Crippen LogP contribution in [-0.2, 0) is 14.8 Å². The summed E-state index contributed by atoms with van der Waals surface area (Å²) in [5.41, 5.74) is 6.28. The Hall–Kier alpha value is -1.67. The van der Waals surface area contributed by atoms with Gasteiger partial charge in [-0.1, -0.05) is 0 Å². The van der Waals surface area contributed by atoms with Crippen molar-refractivity contribution in [1.29, 1.82) is 0 Å². The Bertz CT molecular complexity index is 630. The smallest absolute Gasteiger partial charge is 0.246 e. The number of benzene rings is 1. The van der Waals surface area contributed by atoms with Crippen LogP contribution in [0.5, 0.6) is 0 Å². The van der Waals surface area contributed by atoms with Crippen LogP contribution in [0.4, 0.5) is 10.1 Å². The van der Waals surface area contributed by atoms with E-state index in [1.807, 2.05) is 0 Å². The monoisotopic (exact) mass is 287 g/mol. The number of halogens is 1. The van der Waals surface area contributed by atoms with Gasteiger partial charge in [-0.15, -0.1) is 0 Å². The van der Waals surface area contributed by atoms with Crippen LogP contribution in [0.1, 0.15) is 5.56 Å². The molecule has 0 radical (unpaired) electrons. The van der Waals surface area contributed by atoms with Crippen LogP contribution in [0, 0.1) is 12.7 Å². The normalized spacial score (nSPS) is 17.3. The number of piperazine rings is 1. The molecule has 8 heteroatoms. The van der Waals surface area contributed by atoms with Gasteiger partial charge in [-0.3, -0.25) is 4.79 Å². The first-order valence-electron chi connectivity index (χ1n) is 5.65. The Balaban J connectivity index is 2.44. The van der Waals surface area contributed by atoms with E-state index in [1.54, 1.807) is 6.92 Å². The number of aryl methyl sites for hydroxylation is 1. The number of carbonyl (C=O) groups is 1. The van der Waals surface area contributed by atoms with Crippen LogP contribution in [-0.4, -0.2) is 38.3 Å². The van der Waals surface area contributed by atoms with E-state index in [-0.39, 0.29) is 25.3 Å². The van der Waals surface area contributed by atoms with E-state index in [1.165, 1.54) is 0 Å². The molecule has 1 aromatic carbocycles. The average molecular weight is 287 g/mol. The Morgan fingerprint density at radius 1 is 1.42 bits per heavy atom. The standard InChI is InChI=1S/C11H14FN3O3S/c1-7-4-8(12)10(5-9(7)13)19(17,18)15-3-2-14-11(16)6-15/h4-5H,2-3,6,13H2,1H3,(H,14,16). The van der Waals surface area contributed by atoms with Crippen LogP contribution in [0.2, 0.25) is 0 Å². The van der Waals surface area contributed by atoms with Gasteiger partial charge >= 0.3 is 0 Å². The summed E-state index contributed by atoms with van der Waals surface area (Å²) in [6, 6.07) is 2.17. The maximum Gasteiger partial charge on any atom is 0.246 e. The molecule has 104 valence electrons. The van der Waals surface area contributed by atoms with Crippen molar-refractivity contribution >= 4 is 21.6 Å². The van der Waals surface area contributed by atoms with Crippen molar-refractivity contribution < 1.29 is 17.6 Å². The number of anilines is 1. The molecule has 1 amide bonds. The highest BCUT2D eigenvalue weighted by molar-refractivity contribution is 7.89. The van der Waals surface area contributed by atoms with Crippen molar-refractivity contribution in [2.45, 2.75) is 11.8 Å². The lowest BCUT2D eigenvalue weighted by Crippen LogP contribution is -2.49. The molecule has 3 N–H and O–H groups in total. The number of hydrogen-bond donors (Lipinski definition) is 2. The first kappa shape index (κ1) is 13.8. The summed E-state index contributed by atoms with van der Waals surface area (Å²) < 4.78 is 39.3. The summed E-state index contributed by atoms with van der Waals surface area (Å²) in [6.07, 6.45) is 0. The summed E-state index contributed by atoms with van der Waals surface area (Å²) in [7, 11) is -4.05. The third-order valence-electron chi connectivity index (χ3n) is 2.94. The van der Waals surface area contributed by atoms with E-state index in [0.29, 0.717) is 5.56 Å². The van der Waals surface area contributed by atoms with Crippen molar-refractivity contribution in [1.82, 2.24) is 9.62 Å². The molecule has 0 unspecified atom stereocenters. The fourth-order valence-electron chi connectivity index (χ4n) is 1.83. The number of nitrogens with zero attached hydrogens (tertiary/aromatic N) is 1. The average Bonchev–Trinajstić information content (AvgIpc) is 2.33. The molecular formula is C11H14FN3O3S. The summed E-state index contributed by atoms with van der Waals surface area (Å²) in [4.78, 5) is 10.7. The molecule has 0 saturated carbocycles. The molecule has 19 heavy (non-hydrogen) atoms. The fraction of sp³-hybridized carbons (Fsp3) is 0.364. The van der Waals surface area contributed by atoms with E-state index >= 15 is 0 Å². The van der Waals surface area contributed by atoms with Crippen molar-refractivity contribution in [2.24, 2.45) is 0 Å². The SMILES string of the molecule is Cc1cc(F)c(S(=O)(=O)N2CCNC(=O)C2)cc1N. The third kappa shape index (κ3) is 2.54. The predicted octanol–water partition coefficient (Wildman–Crippen LogP) is -0.163. The van der Waals surface area contributed by atoms with Gasteiger partial charge in [-0.05, 0) is 24.6 Å². The van der Waals surface area contributed by atoms with Crippen LogP contribution in [0.3, 0.4) is 0 Å². The highest BCUT2D eigenvalue weighted by Crippen LogP contribution is 2.24. The summed E-state index contributed by atoms with van der Waals surface area (Å²) >= 11 is 0. The van der Waals surface area contributed by atoms with Crippen LogP contribution < -0.4 is 11.1 Å². The number of nitrogen functional groups attached to an aromatic ring is 1. The molecule has 1 aliphatic heterocycles. The number of sulfonamides is 1. The molecule has 1 fully saturated rings. The summed E-state index contributed by atoms with van der Waals surface area (Å²) in [5.74, 6) is -1.27. The molecule has 0 aromatic heterocycles. The zero-order valence-electron chi connectivity index (χ0n) is 10.3. The molecule has 1 heterocycles. The van der Waals surface area contributed by atoms with E-state index in [9.17, 15) is 17.6 Å². The van der Waals surface area contributed by atoms with Gasteiger partial charge in [0.1, 0.15) is 10.7 Å². The molecule has 1 aromatic rings. The number of amides is 1.